The summed E-state index contributed by atoms with van der Waals surface area (Å²) in [5.41, 5.74) is 5.58. The zero-order chi connectivity index (χ0) is 13.5. The van der Waals surface area contributed by atoms with E-state index >= 15 is 0 Å². The lowest BCUT2D eigenvalue weighted by molar-refractivity contribution is -0.122. The second-order valence-electron chi connectivity index (χ2n) is 3.69. The molecule has 0 saturated heterocycles. The molecule has 5 N–H and O–H groups in total. The number of carbonyl (C=O) groups excluding carboxylic acids is 2. The number of anilines is 1. The van der Waals surface area contributed by atoms with Crippen LogP contribution in [-0.2, 0) is 9.53 Å². The SMILES string of the molecule is COCCNC(=O)C(C)NC(=O)c1cc(N)n[nH]1. The summed E-state index contributed by atoms with van der Waals surface area (Å²) in [5.74, 6) is -0.501. The number of nitrogens with zero attached hydrogens (tertiary/aromatic N) is 1. The van der Waals surface area contributed by atoms with E-state index in [1.165, 1.54) is 6.07 Å². The molecule has 2 amide bonds. The van der Waals surface area contributed by atoms with Gasteiger partial charge in [-0.2, -0.15) is 5.10 Å². The maximum absolute atomic E-state index is 11.7. The number of hydrogen-bond donors (Lipinski definition) is 4. The van der Waals surface area contributed by atoms with E-state index in [0.29, 0.717) is 13.2 Å². The van der Waals surface area contributed by atoms with Gasteiger partial charge in [0.15, 0.2) is 0 Å². The Balaban J connectivity index is 2.41. The fourth-order valence-electron chi connectivity index (χ4n) is 1.22. The van der Waals surface area contributed by atoms with Crippen molar-refractivity contribution in [1.29, 1.82) is 0 Å². The fourth-order valence-corrected chi connectivity index (χ4v) is 1.22. The van der Waals surface area contributed by atoms with Gasteiger partial charge in [-0.3, -0.25) is 14.7 Å². The van der Waals surface area contributed by atoms with Crippen LogP contribution >= 0.6 is 0 Å². The standard InChI is InChI=1S/C10H17N5O3/c1-6(9(16)12-3-4-18-2)13-10(17)7-5-8(11)15-14-7/h5-6H,3-4H2,1-2H3,(H,12,16)(H,13,17)(H3,11,14,15). The van der Waals surface area contributed by atoms with Crippen LogP contribution in [0.4, 0.5) is 5.82 Å². The van der Waals surface area contributed by atoms with Crippen LogP contribution in [0.3, 0.4) is 0 Å². The third kappa shape index (κ3) is 4.06. The van der Waals surface area contributed by atoms with Crippen molar-refractivity contribution in [2.75, 3.05) is 26.0 Å². The number of rotatable bonds is 6. The van der Waals surface area contributed by atoms with Crippen LogP contribution in [0, 0.1) is 0 Å². The third-order valence-corrected chi connectivity index (χ3v) is 2.19. The molecule has 18 heavy (non-hydrogen) atoms. The highest BCUT2D eigenvalue weighted by Gasteiger charge is 2.17. The number of methoxy groups -OCH3 is 1. The first-order chi connectivity index (χ1) is 8.54. The lowest BCUT2D eigenvalue weighted by Gasteiger charge is -2.13. The molecule has 1 unspecified atom stereocenters. The summed E-state index contributed by atoms with van der Waals surface area (Å²) in [4.78, 5) is 23.2. The number of H-pyrrole nitrogens is 1. The van der Waals surface area contributed by atoms with Gasteiger partial charge in [-0.1, -0.05) is 0 Å². The van der Waals surface area contributed by atoms with Gasteiger partial charge in [0.1, 0.15) is 17.6 Å². The molecule has 1 rings (SSSR count). The molecule has 1 aromatic heterocycles. The van der Waals surface area contributed by atoms with E-state index in [9.17, 15) is 9.59 Å². The van der Waals surface area contributed by atoms with Crippen LogP contribution in [0.15, 0.2) is 6.07 Å². The van der Waals surface area contributed by atoms with E-state index in [1.54, 1.807) is 14.0 Å². The quantitative estimate of drug-likeness (QED) is 0.479. The molecule has 0 aliphatic rings. The second-order valence-corrected chi connectivity index (χ2v) is 3.69. The molecule has 8 heteroatoms. The zero-order valence-electron chi connectivity index (χ0n) is 10.3. The average molecular weight is 255 g/mol. The smallest absolute Gasteiger partial charge is 0.270 e. The highest BCUT2D eigenvalue weighted by Crippen LogP contribution is 2.00. The Labute approximate surface area is 104 Å². The Morgan fingerprint density at radius 2 is 2.33 bits per heavy atom. The number of ether oxygens (including phenoxy) is 1. The molecular weight excluding hydrogens is 238 g/mol. The largest absolute Gasteiger partial charge is 0.383 e. The second kappa shape index (κ2) is 6.60. The van der Waals surface area contributed by atoms with Crippen molar-refractivity contribution in [3.63, 3.8) is 0 Å². The van der Waals surface area contributed by atoms with Crippen molar-refractivity contribution < 1.29 is 14.3 Å². The highest BCUT2D eigenvalue weighted by molar-refractivity contribution is 5.96. The Morgan fingerprint density at radius 3 is 2.89 bits per heavy atom. The number of aromatic nitrogens is 2. The average Bonchev–Trinajstić information content (AvgIpc) is 2.76. The van der Waals surface area contributed by atoms with Gasteiger partial charge in [-0.15, -0.1) is 0 Å². The predicted molar refractivity (Wildman–Crippen MR) is 64.8 cm³/mol. The molecule has 0 bridgehead atoms. The Bertz CT molecular complexity index is 417. The molecule has 0 saturated carbocycles. The minimum atomic E-state index is -0.654. The number of hydrogen-bond acceptors (Lipinski definition) is 5. The van der Waals surface area contributed by atoms with Gasteiger partial charge in [0.2, 0.25) is 5.91 Å². The maximum atomic E-state index is 11.7. The topological polar surface area (TPSA) is 122 Å². The number of nitrogens with one attached hydrogen (secondary N) is 3. The van der Waals surface area contributed by atoms with Crippen molar-refractivity contribution in [1.82, 2.24) is 20.8 Å². The van der Waals surface area contributed by atoms with Crippen LogP contribution in [0.25, 0.3) is 0 Å². The van der Waals surface area contributed by atoms with Gasteiger partial charge in [-0.05, 0) is 6.92 Å². The summed E-state index contributed by atoms with van der Waals surface area (Å²) in [5, 5.41) is 11.2. The van der Waals surface area contributed by atoms with Gasteiger partial charge < -0.3 is 21.1 Å². The first kappa shape index (κ1) is 14.0. The number of aromatic amines is 1. The van der Waals surface area contributed by atoms with Gasteiger partial charge in [-0.25, -0.2) is 0 Å². The maximum Gasteiger partial charge on any atom is 0.270 e. The van der Waals surface area contributed by atoms with E-state index in [4.69, 9.17) is 10.5 Å². The summed E-state index contributed by atoms with van der Waals surface area (Å²) in [7, 11) is 1.54. The van der Waals surface area contributed by atoms with Gasteiger partial charge in [0, 0.05) is 19.7 Å². The van der Waals surface area contributed by atoms with Crippen LogP contribution in [0.1, 0.15) is 17.4 Å². The molecule has 0 aromatic carbocycles. The monoisotopic (exact) mass is 255 g/mol. The van der Waals surface area contributed by atoms with Crippen molar-refractivity contribution >= 4 is 17.6 Å². The van der Waals surface area contributed by atoms with Crippen molar-refractivity contribution in [3.8, 4) is 0 Å². The van der Waals surface area contributed by atoms with Crippen LogP contribution in [-0.4, -0.2) is 48.3 Å². The van der Waals surface area contributed by atoms with Gasteiger partial charge in [0.05, 0.1) is 6.61 Å². The van der Waals surface area contributed by atoms with Crippen molar-refractivity contribution in [2.45, 2.75) is 13.0 Å². The zero-order valence-corrected chi connectivity index (χ0v) is 10.3. The van der Waals surface area contributed by atoms with E-state index < -0.39 is 11.9 Å². The molecule has 1 atom stereocenters. The van der Waals surface area contributed by atoms with Crippen molar-refractivity contribution in [3.05, 3.63) is 11.8 Å². The number of nitrogen functional groups attached to an aromatic ring is 1. The molecule has 1 heterocycles. The minimum absolute atomic E-state index is 0.212. The number of amides is 2. The van der Waals surface area contributed by atoms with Crippen LogP contribution in [0.5, 0.6) is 0 Å². The highest BCUT2D eigenvalue weighted by atomic mass is 16.5. The Morgan fingerprint density at radius 1 is 1.61 bits per heavy atom. The molecular formula is C10H17N5O3. The fraction of sp³-hybridized carbons (Fsp3) is 0.500. The van der Waals surface area contributed by atoms with E-state index in [1.807, 2.05) is 0 Å². The minimum Gasteiger partial charge on any atom is -0.383 e. The molecule has 100 valence electrons. The molecule has 8 nitrogen and oxygen atoms in total. The molecule has 0 aliphatic heterocycles. The summed E-state index contributed by atoms with van der Waals surface area (Å²) in [6, 6.07) is 0.740. The molecule has 0 radical (unpaired) electrons. The summed E-state index contributed by atoms with van der Waals surface area (Å²) in [6.07, 6.45) is 0. The Kier molecular flexibility index (Phi) is 5.12. The predicted octanol–water partition coefficient (Wildman–Crippen LogP) is -1.13. The summed E-state index contributed by atoms with van der Waals surface area (Å²) < 4.78 is 4.80. The first-order valence-electron chi connectivity index (χ1n) is 5.43. The Hall–Kier alpha value is -2.09. The van der Waals surface area contributed by atoms with Crippen LogP contribution < -0.4 is 16.4 Å². The number of nitrogens with two attached hydrogens (primary N) is 1. The molecule has 0 fully saturated rings. The normalized spacial score (nSPS) is 11.9. The van der Waals surface area contributed by atoms with E-state index in [-0.39, 0.29) is 17.4 Å². The van der Waals surface area contributed by atoms with Gasteiger partial charge in [0.25, 0.3) is 5.91 Å². The molecule has 0 aliphatic carbocycles. The van der Waals surface area contributed by atoms with E-state index in [2.05, 4.69) is 20.8 Å². The number of carbonyl (C=O) groups is 2. The third-order valence-electron chi connectivity index (χ3n) is 2.19. The van der Waals surface area contributed by atoms with Crippen LogP contribution in [0.2, 0.25) is 0 Å². The summed E-state index contributed by atoms with van der Waals surface area (Å²) in [6.45, 7) is 2.40. The lowest BCUT2D eigenvalue weighted by atomic mass is 10.3. The van der Waals surface area contributed by atoms with Crippen molar-refractivity contribution in [2.24, 2.45) is 0 Å². The molecule has 0 spiro atoms. The van der Waals surface area contributed by atoms with E-state index in [0.717, 1.165) is 0 Å². The lowest BCUT2D eigenvalue weighted by Crippen LogP contribution is -2.45. The molecule has 1 aromatic rings. The first-order valence-corrected chi connectivity index (χ1v) is 5.43. The van der Waals surface area contributed by atoms with Gasteiger partial charge >= 0.3 is 0 Å². The summed E-state index contributed by atoms with van der Waals surface area (Å²) >= 11 is 0.